The molecular formula is C44H46ClF4N5O5. The first-order valence-corrected chi connectivity index (χ1v) is 19.8. The Morgan fingerprint density at radius 2 is 1.76 bits per heavy atom. The summed E-state index contributed by atoms with van der Waals surface area (Å²) in [5, 5.41) is 20.9. The minimum atomic E-state index is -4.67. The van der Waals surface area contributed by atoms with E-state index in [1.165, 1.54) is 31.0 Å². The monoisotopic (exact) mass is 835 g/mol. The van der Waals surface area contributed by atoms with Crippen LogP contribution in [0.2, 0.25) is 5.02 Å². The van der Waals surface area contributed by atoms with E-state index in [0.717, 1.165) is 12.5 Å². The van der Waals surface area contributed by atoms with Crippen molar-refractivity contribution in [2.24, 2.45) is 11.8 Å². The van der Waals surface area contributed by atoms with Crippen LogP contribution in [0.15, 0.2) is 66.9 Å². The van der Waals surface area contributed by atoms with Crippen LogP contribution in [0.5, 0.6) is 11.5 Å². The van der Waals surface area contributed by atoms with Gasteiger partial charge in [0, 0.05) is 65.8 Å². The Morgan fingerprint density at radius 1 is 1.05 bits per heavy atom. The van der Waals surface area contributed by atoms with Gasteiger partial charge in [-0.25, -0.2) is 4.39 Å². The Kier molecular flexibility index (Phi) is 12.2. The number of carboxylic acid groups (broad SMARTS) is 1. The van der Waals surface area contributed by atoms with Crippen molar-refractivity contribution in [3.8, 4) is 33.8 Å². The number of rotatable bonds is 15. The van der Waals surface area contributed by atoms with Gasteiger partial charge in [-0.05, 0) is 86.2 Å². The maximum Gasteiger partial charge on any atom is 0.416 e. The molecule has 7 rings (SSSR count). The molecule has 1 aromatic heterocycles. The quantitative estimate of drug-likeness (QED) is 0.0899. The first-order chi connectivity index (χ1) is 28.2. The Morgan fingerprint density at radius 3 is 2.44 bits per heavy atom. The molecule has 3 N–H and O–H groups in total. The molecule has 1 aliphatic carbocycles. The van der Waals surface area contributed by atoms with Crippen LogP contribution < -0.4 is 20.1 Å². The van der Waals surface area contributed by atoms with E-state index in [1.807, 2.05) is 31.0 Å². The number of aromatic nitrogens is 2. The maximum absolute atomic E-state index is 15.7. The van der Waals surface area contributed by atoms with E-state index in [-0.39, 0.29) is 55.0 Å². The summed E-state index contributed by atoms with van der Waals surface area (Å²) < 4.78 is 72.6. The van der Waals surface area contributed by atoms with Crippen LogP contribution in [0.1, 0.15) is 54.9 Å². The molecule has 2 fully saturated rings. The SMILES string of the molecule is COc1cc(Cn2ncc3c(-c4cccc(-c5cc(F)c(CNC[C@@H]6CCC(=O)N6)c(OC)c5)c4Cl)cccc32)c(C(F)(F)F)cc1CN(C)[C@@H](C)C1CC(C(=O)O)C1. The molecule has 0 radical (unpaired) electrons. The van der Waals surface area contributed by atoms with Gasteiger partial charge < -0.3 is 25.2 Å². The summed E-state index contributed by atoms with van der Waals surface area (Å²) in [6, 6.07) is 16.5. The van der Waals surface area contributed by atoms with Crippen molar-refractivity contribution in [2.75, 3.05) is 27.8 Å². The van der Waals surface area contributed by atoms with Crippen molar-refractivity contribution in [2.45, 2.75) is 70.5 Å². The zero-order valence-corrected chi connectivity index (χ0v) is 33.9. The fraction of sp³-hybridized carbons (Fsp3) is 0.386. The third kappa shape index (κ3) is 8.76. The summed E-state index contributed by atoms with van der Waals surface area (Å²) >= 11 is 7.09. The van der Waals surface area contributed by atoms with Crippen LogP contribution >= 0.6 is 11.6 Å². The number of hydrogen-bond acceptors (Lipinski definition) is 7. The van der Waals surface area contributed by atoms with E-state index in [4.69, 9.17) is 21.1 Å². The van der Waals surface area contributed by atoms with Gasteiger partial charge in [0.15, 0.2) is 0 Å². The first-order valence-electron chi connectivity index (χ1n) is 19.5. The molecule has 0 unspecified atom stereocenters. The van der Waals surface area contributed by atoms with Gasteiger partial charge in [0.05, 0.1) is 49.0 Å². The fourth-order valence-corrected chi connectivity index (χ4v) is 8.65. The number of carboxylic acids is 1. The highest BCUT2D eigenvalue weighted by molar-refractivity contribution is 6.36. The topological polar surface area (TPSA) is 118 Å². The fourth-order valence-electron chi connectivity index (χ4n) is 8.32. The highest BCUT2D eigenvalue weighted by atomic mass is 35.5. The van der Waals surface area contributed by atoms with Gasteiger partial charge in [-0.1, -0.05) is 41.9 Å². The smallest absolute Gasteiger partial charge is 0.416 e. The lowest BCUT2D eigenvalue weighted by Gasteiger charge is -2.41. The van der Waals surface area contributed by atoms with E-state index < -0.39 is 23.5 Å². The van der Waals surface area contributed by atoms with Crippen LogP contribution in [0.25, 0.3) is 33.2 Å². The van der Waals surface area contributed by atoms with Crippen molar-refractivity contribution in [1.29, 1.82) is 0 Å². The maximum atomic E-state index is 15.7. The lowest BCUT2D eigenvalue weighted by atomic mass is 9.71. The normalized spacial score (nSPS) is 18.5. The summed E-state index contributed by atoms with van der Waals surface area (Å²) in [7, 11) is 4.71. The zero-order chi connectivity index (χ0) is 42.2. The average molecular weight is 836 g/mol. The number of benzene rings is 4. The number of methoxy groups -OCH3 is 2. The third-order valence-electron chi connectivity index (χ3n) is 11.9. The molecule has 0 spiro atoms. The minimum Gasteiger partial charge on any atom is -0.496 e. The molecule has 1 saturated carbocycles. The lowest BCUT2D eigenvalue weighted by molar-refractivity contribution is -0.147. The Balaban J connectivity index is 1.15. The summed E-state index contributed by atoms with van der Waals surface area (Å²) in [5.41, 5.74) is 2.83. The number of nitrogens with one attached hydrogen (secondary N) is 2. The second-order valence-electron chi connectivity index (χ2n) is 15.5. The number of aliphatic carboxylic acids is 1. The number of ether oxygens (including phenoxy) is 2. The first kappa shape index (κ1) is 42.0. The molecule has 5 aromatic rings. The second-order valence-corrected chi connectivity index (χ2v) is 15.9. The number of carbonyl (C=O) groups excluding carboxylic acids is 1. The summed E-state index contributed by atoms with van der Waals surface area (Å²) in [4.78, 5) is 24.8. The van der Waals surface area contributed by atoms with E-state index in [0.29, 0.717) is 86.6 Å². The number of fused-ring (bicyclic) bond motifs is 1. The molecule has 4 aromatic carbocycles. The van der Waals surface area contributed by atoms with Gasteiger partial charge in [-0.15, -0.1) is 0 Å². The number of hydrogen-bond donors (Lipinski definition) is 3. The highest BCUT2D eigenvalue weighted by Gasteiger charge is 2.39. The number of amides is 1. The standard InChI is InChI=1S/C44H46ClF4N5O5/c1-24(25-13-27(14-25)43(56)57)53(2)22-29-15-36(44(47,48)49)28(18-39(29)58-3)23-54-38-10-6-8-32(34(38)21-51-54)33-9-5-7-31(42(33)45)26-16-37(46)35(40(17-26)59-4)20-50-19-30-11-12-41(55)52-30/h5-10,15-18,21,24-25,27,30,50H,11-14,19-20,22-23H2,1-4H3,(H,52,55)(H,56,57)/t24-,25?,27?,30-/m0/s1. The molecule has 1 amide bonds. The van der Waals surface area contributed by atoms with Crippen LogP contribution in [0.4, 0.5) is 17.6 Å². The number of alkyl halides is 3. The van der Waals surface area contributed by atoms with Crippen LogP contribution in [-0.2, 0) is 35.4 Å². The largest absolute Gasteiger partial charge is 0.496 e. The van der Waals surface area contributed by atoms with Crippen molar-refractivity contribution >= 4 is 34.4 Å². The molecule has 2 aliphatic rings. The van der Waals surface area contributed by atoms with Gasteiger partial charge in [-0.2, -0.15) is 18.3 Å². The average Bonchev–Trinajstić information content (AvgIpc) is 3.79. The van der Waals surface area contributed by atoms with Crippen LogP contribution in [-0.4, -0.2) is 71.6 Å². The third-order valence-corrected chi connectivity index (χ3v) is 12.3. The predicted molar refractivity (Wildman–Crippen MR) is 217 cm³/mol. The molecule has 10 nitrogen and oxygen atoms in total. The lowest BCUT2D eigenvalue weighted by Crippen LogP contribution is -2.43. The summed E-state index contributed by atoms with van der Waals surface area (Å²) in [5.74, 6) is -0.908. The van der Waals surface area contributed by atoms with E-state index in [1.54, 1.807) is 36.5 Å². The number of halogens is 5. The Labute approximate surface area is 344 Å². The predicted octanol–water partition coefficient (Wildman–Crippen LogP) is 8.55. The molecule has 15 heteroatoms. The van der Waals surface area contributed by atoms with Crippen LogP contribution in [0, 0.1) is 17.7 Å². The molecule has 59 heavy (non-hydrogen) atoms. The van der Waals surface area contributed by atoms with Gasteiger partial charge in [0.1, 0.15) is 17.3 Å². The second kappa shape index (κ2) is 17.2. The Bertz CT molecular complexity index is 2380. The van der Waals surface area contributed by atoms with Gasteiger partial charge in [0.2, 0.25) is 5.91 Å². The molecular weight excluding hydrogens is 790 g/mol. The molecule has 312 valence electrons. The summed E-state index contributed by atoms with van der Waals surface area (Å²) in [6.45, 7) is 2.63. The molecule has 2 heterocycles. The molecule has 1 saturated heterocycles. The zero-order valence-electron chi connectivity index (χ0n) is 33.1. The van der Waals surface area contributed by atoms with Gasteiger partial charge >= 0.3 is 12.1 Å². The number of nitrogens with zero attached hydrogens (tertiary/aromatic N) is 3. The highest BCUT2D eigenvalue weighted by Crippen LogP contribution is 2.43. The van der Waals surface area contributed by atoms with E-state index in [9.17, 15) is 27.9 Å². The van der Waals surface area contributed by atoms with E-state index >= 15 is 4.39 Å². The molecule has 1 aliphatic heterocycles. The molecule has 0 bridgehead atoms. The van der Waals surface area contributed by atoms with Gasteiger partial charge in [0.25, 0.3) is 0 Å². The Hall–Kier alpha value is -5.18. The van der Waals surface area contributed by atoms with Gasteiger partial charge in [-0.3, -0.25) is 19.2 Å². The van der Waals surface area contributed by atoms with Crippen LogP contribution in [0.3, 0.4) is 0 Å². The van der Waals surface area contributed by atoms with Crippen molar-refractivity contribution in [3.05, 3.63) is 100.0 Å². The van der Waals surface area contributed by atoms with Crippen molar-refractivity contribution in [3.63, 3.8) is 0 Å². The van der Waals surface area contributed by atoms with Crippen molar-refractivity contribution in [1.82, 2.24) is 25.3 Å². The molecule has 2 atom stereocenters. The number of carbonyl (C=O) groups is 2. The summed E-state index contributed by atoms with van der Waals surface area (Å²) in [6.07, 6.45) is -0.807. The minimum absolute atomic E-state index is 0.00616. The van der Waals surface area contributed by atoms with E-state index in [2.05, 4.69) is 15.7 Å². The van der Waals surface area contributed by atoms with Crippen molar-refractivity contribution < 1.29 is 41.7 Å².